The Morgan fingerprint density at radius 2 is 1.29 bits per heavy atom. The highest BCUT2D eigenvalue weighted by atomic mass is 16.7. The van der Waals surface area contributed by atoms with Crippen molar-refractivity contribution in [3.63, 3.8) is 0 Å². The van der Waals surface area contributed by atoms with Crippen molar-refractivity contribution in [1.29, 1.82) is 0 Å². The number of aliphatic hydroxyl groups excluding tert-OH is 1. The number of aliphatic hydroxyl groups is 1. The van der Waals surface area contributed by atoms with Gasteiger partial charge in [-0.15, -0.1) is 0 Å². The molecule has 4 atom stereocenters. The first kappa shape index (κ1) is 34.1. The molecule has 7 heteroatoms. The van der Waals surface area contributed by atoms with Gasteiger partial charge in [0, 0.05) is 37.7 Å². The Morgan fingerprint density at radius 3 is 1.98 bits per heavy atom. The highest BCUT2D eigenvalue weighted by Gasteiger charge is 2.39. The van der Waals surface area contributed by atoms with Gasteiger partial charge in [-0.1, -0.05) is 128 Å². The smallest absolute Gasteiger partial charge is 0.315 e. The molecule has 5 aromatic carbocycles. The van der Waals surface area contributed by atoms with Crippen LogP contribution in [0.15, 0.2) is 133 Å². The van der Waals surface area contributed by atoms with Gasteiger partial charge in [-0.05, 0) is 58.1 Å². The molecule has 0 aliphatic carbocycles. The normalized spacial score (nSPS) is 19.0. The minimum atomic E-state index is -0.563. The van der Waals surface area contributed by atoms with E-state index in [-0.39, 0.29) is 30.8 Å². The van der Waals surface area contributed by atoms with Gasteiger partial charge < -0.3 is 25.2 Å². The third-order valence-electron chi connectivity index (χ3n) is 9.08. The zero-order valence-electron chi connectivity index (χ0n) is 28.2. The summed E-state index contributed by atoms with van der Waals surface area (Å²) in [6.45, 7) is 4.66. The van der Waals surface area contributed by atoms with Gasteiger partial charge >= 0.3 is 6.03 Å². The third-order valence-corrected chi connectivity index (χ3v) is 9.08. The third kappa shape index (κ3) is 9.22. The van der Waals surface area contributed by atoms with Crippen LogP contribution >= 0.6 is 0 Å². The predicted molar refractivity (Wildman–Crippen MR) is 193 cm³/mol. The molecule has 49 heavy (non-hydrogen) atoms. The van der Waals surface area contributed by atoms with Crippen molar-refractivity contribution in [1.82, 2.24) is 15.5 Å². The van der Waals surface area contributed by atoms with E-state index in [1.807, 2.05) is 66.7 Å². The van der Waals surface area contributed by atoms with Crippen LogP contribution in [0.5, 0.6) is 0 Å². The summed E-state index contributed by atoms with van der Waals surface area (Å²) in [4.78, 5) is 14.8. The Balaban J connectivity index is 1.17. The lowest BCUT2D eigenvalue weighted by Gasteiger charge is -2.42. The second-order valence-corrected chi connectivity index (χ2v) is 12.9. The minimum Gasteiger partial charge on any atom is -0.392 e. The number of carbonyl (C=O) groups excluding carboxylic acids is 1. The van der Waals surface area contributed by atoms with Crippen molar-refractivity contribution in [2.75, 3.05) is 13.6 Å². The fourth-order valence-corrected chi connectivity index (χ4v) is 6.34. The van der Waals surface area contributed by atoms with Crippen LogP contribution in [0.25, 0.3) is 11.1 Å². The van der Waals surface area contributed by atoms with Crippen molar-refractivity contribution >= 4 is 6.03 Å². The molecule has 252 valence electrons. The summed E-state index contributed by atoms with van der Waals surface area (Å²) in [7, 11) is 2.13. The SMILES string of the molecule is CC1C(CN(C)Cc2ccccc2)OC(c2cccc(-c3cccc(CNC(=O)NCc4ccccc4)c3)c2)OC1c1ccc(CO)cc1. The van der Waals surface area contributed by atoms with E-state index in [2.05, 4.69) is 96.2 Å². The van der Waals surface area contributed by atoms with E-state index in [0.29, 0.717) is 13.1 Å². The van der Waals surface area contributed by atoms with Gasteiger partial charge in [-0.2, -0.15) is 0 Å². The van der Waals surface area contributed by atoms with Crippen LogP contribution in [0.3, 0.4) is 0 Å². The van der Waals surface area contributed by atoms with Gasteiger partial charge in [0.05, 0.1) is 18.8 Å². The first-order valence-corrected chi connectivity index (χ1v) is 16.9. The average molecular weight is 656 g/mol. The fraction of sp³-hybridized carbons (Fsp3) is 0.262. The molecule has 4 unspecified atom stereocenters. The van der Waals surface area contributed by atoms with Crippen LogP contribution in [0.1, 0.15) is 52.7 Å². The van der Waals surface area contributed by atoms with Crippen molar-refractivity contribution < 1.29 is 19.4 Å². The summed E-state index contributed by atoms with van der Waals surface area (Å²) in [5, 5.41) is 15.5. The van der Waals surface area contributed by atoms with Crippen LogP contribution in [-0.2, 0) is 35.7 Å². The number of hydrogen-bond donors (Lipinski definition) is 3. The van der Waals surface area contributed by atoms with Gasteiger partial charge in [0.2, 0.25) is 0 Å². The molecular formula is C42H45N3O4. The number of benzene rings is 5. The zero-order chi connectivity index (χ0) is 34.0. The summed E-state index contributed by atoms with van der Waals surface area (Å²) in [5.74, 6) is 0.0895. The number of likely N-dealkylation sites (N-methyl/N-ethyl adjacent to an activating group) is 1. The number of hydrogen-bond acceptors (Lipinski definition) is 5. The highest BCUT2D eigenvalue weighted by molar-refractivity contribution is 5.74. The highest BCUT2D eigenvalue weighted by Crippen LogP contribution is 2.42. The van der Waals surface area contributed by atoms with E-state index in [0.717, 1.165) is 52.0 Å². The maximum atomic E-state index is 12.5. The molecule has 0 spiro atoms. The first-order chi connectivity index (χ1) is 23.9. The van der Waals surface area contributed by atoms with Crippen LogP contribution in [0.2, 0.25) is 0 Å². The molecule has 1 saturated heterocycles. The average Bonchev–Trinajstić information content (AvgIpc) is 3.15. The Kier molecular flexibility index (Phi) is 11.5. The number of nitrogens with one attached hydrogen (secondary N) is 2. The second kappa shape index (κ2) is 16.5. The summed E-state index contributed by atoms with van der Waals surface area (Å²) >= 11 is 0. The molecule has 3 N–H and O–H groups in total. The number of nitrogens with zero attached hydrogens (tertiary/aromatic N) is 1. The Hall–Kier alpha value is -4.79. The summed E-state index contributed by atoms with van der Waals surface area (Å²) in [6, 6.07) is 44.7. The van der Waals surface area contributed by atoms with Crippen LogP contribution in [0, 0.1) is 5.92 Å². The van der Waals surface area contributed by atoms with E-state index in [4.69, 9.17) is 9.47 Å². The van der Waals surface area contributed by atoms with Crippen LogP contribution in [0.4, 0.5) is 4.79 Å². The lowest BCUT2D eigenvalue weighted by molar-refractivity contribution is -0.276. The Bertz CT molecular complexity index is 1780. The molecule has 7 nitrogen and oxygen atoms in total. The van der Waals surface area contributed by atoms with E-state index in [1.165, 1.54) is 5.56 Å². The molecule has 2 amide bonds. The van der Waals surface area contributed by atoms with Crippen LogP contribution < -0.4 is 10.6 Å². The van der Waals surface area contributed by atoms with Gasteiger partial charge in [0.15, 0.2) is 6.29 Å². The topological polar surface area (TPSA) is 83.1 Å². The Labute approximate surface area is 289 Å². The van der Waals surface area contributed by atoms with E-state index in [1.54, 1.807) is 0 Å². The molecule has 1 heterocycles. The quantitative estimate of drug-likeness (QED) is 0.128. The van der Waals surface area contributed by atoms with E-state index >= 15 is 0 Å². The van der Waals surface area contributed by atoms with E-state index in [9.17, 15) is 9.90 Å². The Morgan fingerprint density at radius 1 is 0.673 bits per heavy atom. The molecule has 5 aromatic rings. The van der Waals surface area contributed by atoms with Crippen LogP contribution in [-0.4, -0.2) is 35.7 Å². The number of urea groups is 1. The molecule has 1 aliphatic heterocycles. The second-order valence-electron chi connectivity index (χ2n) is 12.9. The molecular weight excluding hydrogens is 610 g/mol. The maximum Gasteiger partial charge on any atom is 0.315 e. The largest absolute Gasteiger partial charge is 0.392 e. The predicted octanol–water partition coefficient (Wildman–Crippen LogP) is 7.77. The first-order valence-electron chi connectivity index (χ1n) is 16.9. The summed E-state index contributed by atoms with van der Waals surface area (Å²) in [6.07, 6.45) is -0.833. The number of ether oxygens (including phenoxy) is 2. The minimum absolute atomic E-state index is 0.00547. The molecule has 1 fully saturated rings. The summed E-state index contributed by atoms with van der Waals surface area (Å²) < 4.78 is 13.5. The molecule has 0 saturated carbocycles. The van der Waals surface area contributed by atoms with Crippen molar-refractivity contribution in [3.05, 3.63) is 167 Å². The molecule has 6 rings (SSSR count). The van der Waals surface area contributed by atoms with Crippen molar-refractivity contribution in [3.8, 4) is 11.1 Å². The van der Waals surface area contributed by atoms with Crippen molar-refractivity contribution in [2.45, 2.75) is 51.7 Å². The lowest BCUT2D eigenvalue weighted by Crippen LogP contribution is -2.43. The van der Waals surface area contributed by atoms with Gasteiger partial charge in [0.25, 0.3) is 0 Å². The monoisotopic (exact) mass is 655 g/mol. The summed E-state index contributed by atoms with van der Waals surface area (Å²) in [5.41, 5.74) is 8.29. The van der Waals surface area contributed by atoms with Gasteiger partial charge in [-0.3, -0.25) is 4.90 Å². The van der Waals surface area contributed by atoms with Gasteiger partial charge in [-0.25, -0.2) is 4.79 Å². The van der Waals surface area contributed by atoms with Crippen molar-refractivity contribution in [2.24, 2.45) is 5.92 Å². The number of rotatable bonds is 12. The molecule has 0 aromatic heterocycles. The standard InChI is InChI=1S/C42H45N3O4/c1-30-39(28-45(2)27-32-13-7-4-8-14-32)48-41(49-40(30)35-21-19-33(29-46)20-22-35)38-18-10-17-37(24-38)36-16-9-15-34(23-36)26-44-42(47)43-25-31-11-5-3-6-12-31/h3-24,30,39-41,46H,25-29H2,1-2H3,(H2,43,44,47). The molecule has 0 bridgehead atoms. The maximum absolute atomic E-state index is 12.5. The number of carbonyl (C=O) groups is 1. The zero-order valence-corrected chi connectivity index (χ0v) is 28.2. The molecule has 1 aliphatic rings. The van der Waals surface area contributed by atoms with Gasteiger partial charge in [0.1, 0.15) is 0 Å². The lowest BCUT2D eigenvalue weighted by atomic mass is 9.90. The molecule has 0 radical (unpaired) electrons. The number of amides is 2. The fourth-order valence-electron chi connectivity index (χ4n) is 6.34. The van der Waals surface area contributed by atoms with E-state index < -0.39 is 6.29 Å².